The molecule has 0 spiro atoms. The molecule has 17 heavy (non-hydrogen) atoms. The van der Waals surface area contributed by atoms with E-state index in [1.165, 1.54) is 18.9 Å². The topological polar surface area (TPSA) is 29.3 Å². The molecule has 1 saturated heterocycles. The first kappa shape index (κ1) is 14.4. The quantitative estimate of drug-likeness (QED) is 0.902. The molecule has 1 aliphatic heterocycles. The summed E-state index contributed by atoms with van der Waals surface area (Å²) in [5.41, 5.74) is 6.75. The Bertz CT molecular complexity index is 346. The van der Waals surface area contributed by atoms with Gasteiger partial charge in [-0.3, -0.25) is 4.90 Å². The molecule has 1 atom stereocenters. The van der Waals surface area contributed by atoms with Gasteiger partial charge in [-0.25, -0.2) is 4.39 Å². The van der Waals surface area contributed by atoms with Crippen LogP contribution in [0.25, 0.3) is 0 Å². The second-order valence-electron chi connectivity index (χ2n) is 4.61. The van der Waals surface area contributed by atoms with E-state index in [9.17, 15) is 4.39 Å². The van der Waals surface area contributed by atoms with E-state index in [1.807, 2.05) is 6.07 Å². The summed E-state index contributed by atoms with van der Waals surface area (Å²) in [5, 5.41) is 0. The normalized spacial score (nSPS) is 20.9. The number of halogens is 2. The molecule has 0 bridgehead atoms. The molecule has 0 amide bonds. The van der Waals surface area contributed by atoms with E-state index in [-0.39, 0.29) is 18.2 Å². The van der Waals surface area contributed by atoms with E-state index in [2.05, 4.69) is 4.90 Å². The molecule has 1 aromatic carbocycles. The van der Waals surface area contributed by atoms with Crippen LogP contribution in [0.4, 0.5) is 4.39 Å². The highest BCUT2D eigenvalue weighted by Crippen LogP contribution is 2.17. The van der Waals surface area contributed by atoms with Gasteiger partial charge in [-0.2, -0.15) is 0 Å². The summed E-state index contributed by atoms with van der Waals surface area (Å²) in [6.07, 6.45) is 2.44. The van der Waals surface area contributed by atoms with Crippen molar-refractivity contribution in [2.75, 3.05) is 19.6 Å². The highest BCUT2D eigenvalue weighted by molar-refractivity contribution is 5.85. The van der Waals surface area contributed by atoms with E-state index in [1.54, 1.807) is 12.1 Å². The summed E-state index contributed by atoms with van der Waals surface area (Å²) in [6.45, 7) is 3.76. The van der Waals surface area contributed by atoms with Gasteiger partial charge >= 0.3 is 0 Å². The Balaban J connectivity index is 0.00000144. The number of hydrogen-bond acceptors (Lipinski definition) is 2. The molecule has 1 aliphatic rings. The molecule has 1 fully saturated rings. The van der Waals surface area contributed by atoms with Gasteiger partial charge in [-0.15, -0.1) is 12.4 Å². The lowest BCUT2D eigenvalue weighted by Gasteiger charge is -2.32. The zero-order chi connectivity index (χ0) is 11.4. The Morgan fingerprint density at radius 2 is 2.24 bits per heavy atom. The minimum Gasteiger partial charge on any atom is -0.330 e. The maximum Gasteiger partial charge on any atom is 0.123 e. The molecule has 4 heteroatoms. The van der Waals surface area contributed by atoms with Crippen LogP contribution in [0.1, 0.15) is 18.4 Å². The van der Waals surface area contributed by atoms with Crippen LogP contribution < -0.4 is 5.73 Å². The molecule has 0 aliphatic carbocycles. The van der Waals surface area contributed by atoms with Crippen LogP contribution in [-0.4, -0.2) is 24.5 Å². The maximum atomic E-state index is 13.0. The Morgan fingerprint density at radius 3 is 2.94 bits per heavy atom. The van der Waals surface area contributed by atoms with Crippen molar-refractivity contribution in [3.8, 4) is 0 Å². The van der Waals surface area contributed by atoms with Crippen LogP contribution in [0.2, 0.25) is 0 Å². The van der Waals surface area contributed by atoms with E-state index < -0.39 is 0 Å². The fourth-order valence-electron chi connectivity index (χ4n) is 2.38. The average Bonchev–Trinajstić information content (AvgIpc) is 2.29. The molecule has 0 saturated carbocycles. The van der Waals surface area contributed by atoms with E-state index >= 15 is 0 Å². The maximum absolute atomic E-state index is 13.0. The Hall–Kier alpha value is -0.640. The zero-order valence-corrected chi connectivity index (χ0v) is 10.8. The van der Waals surface area contributed by atoms with Crippen LogP contribution in [0.15, 0.2) is 24.3 Å². The average molecular weight is 259 g/mol. The molecule has 0 radical (unpaired) electrons. The van der Waals surface area contributed by atoms with E-state index in [0.29, 0.717) is 5.92 Å². The van der Waals surface area contributed by atoms with Crippen molar-refractivity contribution >= 4 is 12.4 Å². The standard InChI is InChI=1S/C13H19FN2.ClH/c14-13-5-1-3-11(7-13)9-16-6-2-4-12(8-15)10-16;/h1,3,5,7,12H,2,4,6,8-10,15H2;1H. The molecule has 96 valence electrons. The van der Waals surface area contributed by atoms with Gasteiger partial charge in [-0.05, 0) is 49.5 Å². The van der Waals surface area contributed by atoms with Gasteiger partial charge in [0.25, 0.3) is 0 Å². The molecule has 2 N–H and O–H groups in total. The second kappa shape index (κ2) is 6.94. The zero-order valence-electron chi connectivity index (χ0n) is 9.94. The lowest BCUT2D eigenvalue weighted by molar-refractivity contribution is 0.171. The van der Waals surface area contributed by atoms with Crippen LogP contribution in [-0.2, 0) is 6.54 Å². The predicted octanol–water partition coefficient (Wildman–Crippen LogP) is 2.42. The van der Waals surface area contributed by atoms with Crippen LogP contribution in [0.3, 0.4) is 0 Å². The molecule has 1 aromatic rings. The smallest absolute Gasteiger partial charge is 0.123 e. The van der Waals surface area contributed by atoms with E-state index in [0.717, 1.165) is 31.7 Å². The number of nitrogens with zero attached hydrogens (tertiary/aromatic N) is 1. The lowest BCUT2D eigenvalue weighted by Crippen LogP contribution is -2.37. The lowest BCUT2D eigenvalue weighted by atomic mass is 9.98. The Morgan fingerprint density at radius 1 is 1.41 bits per heavy atom. The molecule has 2 rings (SSSR count). The number of likely N-dealkylation sites (tertiary alicyclic amines) is 1. The SMILES string of the molecule is Cl.NCC1CCCN(Cc2cccc(F)c2)C1. The van der Waals surface area contributed by atoms with Crippen molar-refractivity contribution in [1.29, 1.82) is 0 Å². The fraction of sp³-hybridized carbons (Fsp3) is 0.538. The van der Waals surface area contributed by atoms with E-state index in [4.69, 9.17) is 5.73 Å². The molecular weight excluding hydrogens is 239 g/mol. The third kappa shape index (κ3) is 4.26. The minimum absolute atomic E-state index is 0. The van der Waals surface area contributed by atoms with Gasteiger partial charge in [0.2, 0.25) is 0 Å². The number of hydrogen-bond donors (Lipinski definition) is 1. The van der Waals surface area contributed by atoms with Crippen LogP contribution in [0, 0.1) is 11.7 Å². The third-order valence-corrected chi connectivity index (χ3v) is 3.23. The van der Waals surface area contributed by atoms with Crippen LogP contribution in [0.5, 0.6) is 0 Å². The van der Waals surface area contributed by atoms with Crippen LogP contribution >= 0.6 is 12.4 Å². The number of nitrogens with two attached hydrogens (primary N) is 1. The predicted molar refractivity (Wildman–Crippen MR) is 70.7 cm³/mol. The number of benzene rings is 1. The van der Waals surface area contributed by atoms with Gasteiger partial charge < -0.3 is 5.73 Å². The van der Waals surface area contributed by atoms with Gasteiger partial charge in [-0.1, -0.05) is 12.1 Å². The second-order valence-corrected chi connectivity index (χ2v) is 4.61. The molecule has 1 unspecified atom stereocenters. The summed E-state index contributed by atoms with van der Waals surface area (Å²) in [7, 11) is 0. The van der Waals surface area contributed by atoms with Gasteiger partial charge in [0.1, 0.15) is 5.82 Å². The first-order chi connectivity index (χ1) is 7.78. The minimum atomic E-state index is -0.148. The highest BCUT2D eigenvalue weighted by Gasteiger charge is 2.18. The fourth-order valence-corrected chi connectivity index (χ4v) is 2.38. The first-order valence-electron chi connectivity index (χ1n) is 5.95. The molecule has 1 heterocycles. The summed E-state index contributed by atoms with van der Waals surface area (Å²) >= 11 is 0. The van der Waals surface area contributed by atoms with Gasteiger partial charge in [0.15, 0.2) is 0 Å². The van der Waals surface area contributed by atoms with Gasteiger partial charge in [0.05, 0.1) is 0 Å². The Labute approximate surface area is 108 Å². The number of rotatable bonds is 3. The van der Waals surface area contributed by atoms with Crippen molar-refractivity contribution in [2.45, 2.75) is 19.4 Å². The number of piperidine rings is 1. The molecular formula is C13H20ClFN2. The monoisotopic (exact) mass is 258 g/mol. The third-order valence-electron chi connectivity index (χ3n) is 3.23. The van der Waals surface area contributed by atoms with Crippen molar-refractivity contribution in [3.05, 3.63) is 35.6 Å². The summed E-state index contributed by atoms with van der Waals surface area (Å²) < 4.78 is 13.0. The van der Waals surface area contributed by atoms with Gasteiger partial charge in [0, 0.05) is 13.1 Å². The van der Waals surface area contributed by atoms with Crippen molar-refractivity contribution in [2.24, 2.45) is 11.7 Å². The van der Waals surface area contributed by atoms with Crippen molar-refractivity contribution < 1.29 is 4.39 Å². The molecule has 0 aromatic heterocycles. The Kier molecular flexibility index (Phi) is 5.89. The van der Waals surface area contributed by atoms with Crippen molar-refractivity contribution in [3.63, 3.8) is 0 Å². The highest BCUT2D eigenvalue weighted by atomic mass is 35.5. The summed E-state index contributed by atoms with van der Waals surface area (Å²) in [4.78, 5) is 2.37. The molecule has 2 nitrogen and oxygen atoms in total. The summed E-state index contributed by atoms with van der Waals surface area (Å²) in [6, 6.07) is 6.86. The first-order valence-corrected chi connectivity index (χ1v) is 5.95. The largest absolute Gasteiger partial charge is 0.330 e. The summed E-state index contributed by atoms with van der Waals surface area (Å²) in [5.74, 6) is 0.465. The van der Waals surface area contributed by atoms with Crippen molar-refractivity contribution in [1.82, 2.24) is 4.90 Å².